The van der Waals surface area contributed by atoms with Gasteiger partial charge in [-0.3, -0.25) is 0 Å². The molecule has 0 aromatic rings. The van der Waals surface area contributed by atoms with Crippen LogP contribution in [0.4, 0.5) is 13.2 Å². The first-order chi connectivity index (χ1) is 4.92. The molecule has 11 heavy (non-hydrogen) atoms. The van der Waals surface area contributed by atoms with Crippen LogP contribution in [0, 0.1) is 0 Å². The summed E-state index contributed by atoms with van der Waals surface area (Å²) in [5.41, 5.74) is 9.55. The van der Waals surface area contributed by atoms with Crippen molar-refractivity contribution >= 4 is 12.2 Å². The normalized spacial score (nSPS) is 11.9. The molecule has 0 saturated carbocycles. The van der Waals surface area contributed by atoms with Gasteiger partial charge in [0.1, 0.15) is 0 Å². The van der Waals surface area contributed by atoms with Crippen molar-refractivity contribution in [1.82, 2.24) is 0 Å². The molecule has 0 rings (SSSR count). The quantitative estimate of drug-likeness (QED) is 0.351. The Labute approximate surface area is 60.8 Å². The van der Waals surface area contributed by atoms with E-state index in [1.807, 2.05) is 0 Å². The summed E-state index contributed by atoms with van der Waals surface area (Å²) in [5.74, 6) is -0.372. The van der Waals surface area contributed by atoms with E-state index in [0.717, 1.165) is 0 Å². The molecule has 0 spiro atoms. The predicted molar refractivity (Wildman–Crippen MR) is 35.0 cm³/mol. The Morgan fingerprint density at radius 1 is 1.36 bits per heavy atom. The lowest BCUT2D eigenvalue weighted by Gasteiger charge is -1.98. The Morgan fingerprint density at radius 2 is 1.91 bits per heavy atom. The molecule has 0 saturated heterocycles. The number of alkyl halides is 3. The second-order valence-corrected chi connectivity index (χ2v) is 1.64. The topological polar surface area (TPSA) is 76.8 Å². The molecule has 0 aliphatic heterocycles. The third-order valence-corrected chi connectivity index (χ3v) is 0.578. The summed E-state index contributed by atoms with van der Waals surface area (Å²) in [7, 11) is 0. The van der Waals surface area contributed by atoms with Gasteiger partial charge in [0.05, 0.1) is 6.42 Å². The fourth-order valence-electron chi connectivity index (χ4n) is 0.252. The SMILES string of the molecule is NC(N)=N/N=C/CC(F)(F)F. The maximum absolute atomic E-state index is 11.4. The monoisotopic (exact) mass is 168 g/mol. The maximum Gasteiger partial charge on any atom is 0.394 e. The van der Waals surface area contributed by atoms with Gasteiger partial charge in [-0.15, -0.1) is 5.10 Å². The van der Waals surface area contributed by atoms with Crippen LogP contribution in [-0.2, 0) is 0 Å². The van der Waals surface area contributed by atoms with Gasteiger partial charge in [0, 0.05) is 6.21 Å². The number of nitrogens with two attached hydrogens (primary N) is 2. The number of hydrogen-bond donors (Lipinski definition) is 2. The van der Waals surface area contributed by atoms with Crippen LogP contribution in [0.5, 0.6) is 0 Å². The summed E-state index contributed by atoms with van der Waals surface area (Å²) >= 11 is 0. The number of halogens is 3. The second-order valence-electron chi connectivity index (χ2n) is 1.64. The largest absolute Gasteiger partial charge is 0.394 e. The number of guanidine groups is 1. The summed E-state index contributed by atoms with van der Waals surface area (Å²) < 4.78 is 34.1. The van der Waals surface area contributed by atoms with E-state index in [2.05, 4.69) is 10.2 Å². The fourth-order valence-corrected chi connectivity index (χ4v) is 0.252. The molecule has 0 fully saturated rings. The van der Waals surface area contributed by atoms with Crippen LogP contribution in [0.25, 0.3) is 0 Å². The number of rotatable bonds is 2. The van der Waals surface area contributed by atoms with E-state index in [1.165, 1.54) is 0 Å². The van der Waals surface area contributed by atoms with Gasteiger partial charge in [-0.2, -0.15) is 18.3 Å². The Bertz CT molecular complexity index is 167. The van der Waals surface area contributed by atoms with E-state index in [0.29, 0.717) is 6.21 Å². The average Bonchev–Trinajstić information content (AvgIpc) is 1.78. The van der Waals surface area contributed by atoms with E-state index < -0.39 is 12.6 Å². The number of hydrogen-bond acceptors (Lipinski definition) is 2. The van der Waals surface area contributed by atoms with Crippen LogP contribution < -0.4 is 11.5 Å². The van der Waals surface area contributed by atoms with Gasteiger partial charge in [-0.1, -0.05) is 0 Å². The first-order valence-electron chi connectivity index (χ1n) is 2.59. The molecule has 0 bridgehead atoms. The summed E-state index contributed by atoms with van der Waals surface area (Å²) in [6, 6.07) is 0. The molecule has 0 aromatic carbocycles. The lowest BCUT2D eigenvalue weighted by atomic mass is 10.5. The highest BCUT2D eigenvalue weighted by atomic mass is 19.4. The van der Waals surface area contributed by atoms with E-state index in [-0.39, 0.29) is 5.96 Å². The molecule has 0 heterocycles. The lowest BCUT2D eigenvalue weighted by Crippen LogP contribution is -2.21. The second kappa shape index (κ2) is 3.79. The third-order valence-electron chi connectivity index (χ3n) is 0.578. The van der Waals surface area contributed by atoms with Crippen LogP contribution >= 0.6 is 0 Å². The van der Waals surface area contributed by atoms with Crippen molar-refractivity contribution in [2.24, 2.45) is 21.7 Å². The molecule has 4 nitrogen and oxygen atoms in total. The van der Waals surface area contributed by atoms with Crippen molar-refractivity contribution < 1.29 is 13.2 Å². The van der Waals surface area contributed by atoms with Crippen LogP contribution in [-0.4, -0.2) is 18.4 Å². The molecule has 0 amide bonds. The van der Waals surface area contributed by atoms with Gasteiger partial charge in [0.15, 0.2) is 0 Å². The lowest BCUT2D eigenvalue weighted by molar-refractivity contribution is -0.120. The summed E-state index contributed by atoms with van der Waals surface area (Å²) in [4.78, 5) is 0. The highest BCUT2D eigenvalue weighted by Gasteiger charge is 2.25. The maximum atomic E-state index is 11.4. The molecular formula is C4H7F3N4. The zero-order valence-electron chi connectivity index (χ0n) is 5.47. The van der Waals surface area contributed by atoms with Crippen molar-refractivity contribution in [2.45, 2.75) is 12.6 Å². The van der Waals surface area contributed by atoms with E-state index in [4.69, 9.17) is 11.5 Å². The van der Waals surface area contributed by atoms with Crippen LogP contribution in [0.15, 0.2) is 10.2 Å². The Hall–Kier alpha value is -1.27. The smallest absolute Gasteiger partial charge is 0.369 e. The van der Waals surface area contributed by atoms with Gasteiger partial charge >= 0.3 is 6.18 Å². The first-order valence-corrected chi connectivity index (χ1v) is 2.59. The third kappa shape index (κ3) is 8.73. The Balaban J connectivity index is 3.71. The fraction of sp³-hybridized carbons (Fsp3) is 0.500. The molecule has 0 aromatic heterocycles. The van der Waals surface area contributed by atoms with Crippen molar-refractivity contribution in [1.29, 1.82) is 0 Å². The van der Waals surface area contributed by atoms with Crippen LogP contribution in [0.1, 0.15) is 6.42 Å². The average molecular weight is 168 g/mol. The predicted octanol–water partition coefficient (Wildman–Crippen LogP) is 0.198. The van der Waals surface area contributed by atoms with Crippen molar-refractivity contribution in [3.8, 4) is 0 Å². The first kappa shape index (κ1) is 9.73. The standard InChI is InChI=1S/C4H7F3N4/c5-4(6,7)1-2-10-11-3(8)9/h2H,1H2,(H4,8,9,11)/b10-2+. The van der Waals surface area contributed by atoms with Gasteiger partial charge in [0.2, 0.25) is 5.96 Å². The molecular weight excluding hydrogens is 161 g/mol. The van der Waals surface area contributed by atoms with E-state index >= 15 is 0 Å². The van der Waals surface area contributed by atoms with Crippen molar-refractivity contribution in [3.05, 3.63) is 0 Å². The molecule has 0 unspecified atom stereocenters. The van der Waals surface area contributed by atoms with E-state index in [9.17, 15) is 13.2 Å². The summed E-state index contributed by atoms with van der Waals surface area (Å²) in [6.45, 7) is 0. The Morgan fingerprint density at radius 3 is 2.27 bits per heavy atom. The highest BCUT2D eigenvalue weighted by Crippen LogP contribution is 2.17. The minimum absolute atomic E-state index is 0.372. The van der Waals surface area contributed by atoms with Gasteiger partial charge < -0.3 is 11.5 Å². The number of nitrogens with zero attached hydrogens (tertiary/aromatic N) is 2. The van der Waals surface area contributed by atoms with Crippen LogP contribution in [0.3, 0.4) is 0 Å². The minimum Gasteiger partial charge on any atom is -0.369 e. The molecule has 0 atom stereocenters. The highest BCUT2D eigenvalue weighted by molar-refractivity contribution is 5.76. The van der Waals surface area contributed by atoms with E-state index in [1.54, 1.807) is 0 Å². The minimum atomic E-state index is -4.26. The Kier molecular flexibility index (Phi) is 3.35. The summed E-state index contributed by atoms with van der Waals surface area (Å²) in [6.07, 6.45) is -4.81. The zero-order chi connectivity index (χ0) is 8.91. The molecule has 7 heteroatoms. The molecule has 0 aliphatic rings. The van der Waals surface area contributed by atoms with Gasteiger partial charge in [-0.05, 0) is 0 Å². The van der Waals surface area contributed by atoms with Crippen molar-refractivity contribution in [3.63, 3.8) is 0 Å². The molecule has 4 N–H and O–H groups in total. The molecule has 0 aliphatic carbocycles. The molecule has 0 radical (unpaired) electrons. The van der Waals surface area contributed by atoms with Crippen LogP contribution in [0.2, 0.25) is 0 Å². The molecule has 64 valence electrons. The van der Waals surface area contributed by atoms with Crippen molar-refractivity contribution in [2.75, 3.05) is 0 Å². The summed E-state index contributed by atoms with van der Waals surface area (Å²) in [5, 5.41) is 5.92. The van der Waals surface area contributed by atoms with Gasteiger partial charge in [0.25, 0.3) is 0 Å². The zero-order valence-corrected chi connectivity index (χ0v) is 5.47. The van der Waals surface area contributed by atoms with Gasteiger partial charge in [-0.25, -0.2) is 0 Å².